The van der Waals surface area contributed by atoms with Crippen molar-refractivity contribution < 1.29 is 9.90 Å². The van der Waals surface area contributed by atoms with Gasteiger partial charge in [0, 0.05) is 22.3 Å². The fourth-order valence-electron chi connectivity index (χ4n) is 1.93. The van der Waals surface area contributed by atoms with Crippen molar-refractivity contribution in [2.75, 3.05) is 17.3 Å². The molecule has 0 aromatic heterocycles. The molecule has 1 aromatic carbocycles. The molecule has 1 aliphatic heterocycles. The maximum absolute atomic E-state index is 10.6. The van der Waals surface area contributed by atoms with E-state index in [4.69, 9.17) is 10.8 Å². The van der Waals surface area contributed by atoms with E-state index in [1.807, 2.05) is 11.8 Å². The van der Waals surface area contributed by atoms with Crippen LogP contribution in [0.15, 0.2) is 29.2 Å². The lowest BCUT2D eigenvalue weighted by Gasteiger charge is -2.11. The zero-order valence-corrected chi connectivity index (χ0v) is 11.7. The molecule has 5 heteroatoms. The molecule has 98 valence electrons. The number of hydrogen-bond acceptors (Lipinski definition) is 4. The number of carboxylic acid groups (broad SMARTS) is 1. The molecule has 0 saturated carbocycles. The largest absolute Gasteiger partial charge is 0.480 e. The summed E-state index contributed by atoms with van der Waals surface area (Å²) in [6.07, 6.45) is 0.543. The van der Waals surface area contributed by atoms with Gasteiger partial charge in [-0.15, -0.1) is 11.8 Å². The first-order chi connectivity index (χ1) is 8.68. The third-order valence-electron chi connectivity index (χ3n) is 3.01. The van der Waals surface area contributed by atoms with Crippen LogP contribution < -0.4 is 5.73 Å². The molecule has 0 saturated heterocycles. The minimum atomic E-state index is -0.905. The van der Waals surface area contributed by atoms with Crippen LogP contribution in [0, 0.1) is 0 Å². The predicted octanol–water partition coefficient (Wildman–Crippen LogP) is 2.41. The number of carboxylic acids is 1. The van der Waals surface area contributed by atoms with Gasteiger partial charge in [0.15, 0.2) is 0 Å². The minimum Gasteiger partial charge on any atom is -0.480 e. The molecule has 1 aromatic rings. The van der Waals surface area contributed by atoms with Gasteiger partial charge in [-0.1, -0.05) is 18.2 Å². The lowest BCUT2D eigenvalue weighted by molar-refractivity contribution is -0.138. The highest BCUT2D eigenvalue weighted by atomic mass is 32.2. The number of hydrogen-bond donors (Lipinski definition) is 2. The monoisotopic (exact) mass is 283 g/mol. The second-order valence-corrected chi connectivity index (χ2v) is 6.57. The molecule has 1 heterocycles. The lowest BCUT2D eigenvalue weighted by Crippen LogP contribution is -2.30. The van der Waals surface area contributed by atoms with Crippen molar-refractivity contribution in [2.45, 2.75) is 23.3 Å². The molecule has 2 atom stereocenters. The van der Waals surface area contributed by atoms with Gasteiger partial charge >= 0.3 is 5.97 Å². The molecule has 0 amide bonds. The Balaban J connectivity index is 1.74. The van der Waals surface area contributed by atoms with E-state index >= 15 is 0 Å². The van der Waals surface area contributed by atoms with E-state index in [9.17, 15) is 4.79 Å². The van der Waals surface area contributed by atoms with Gasteiger partial charge in [-0.3, -0.25) is 4.79 Å². The summed E-state index contributed by atoms with van der Waals surface area (Å²) in [7, 11) is 0. The molecule has 2 rings (SSSR count). The maximum Gasteiger partial charge on any atom is 0.320 e. The lowest BCUT2D eigenvalue weighted by atomic mass is 10.0. The van der Waals surface area contributed by atoms with E-state index in [1.165, 1.54) is 10.5 Å². The molecule has 0 radical (unpaired) electrons. The molecule has 3 nitrogen and oxygen atoms in total. The summed E-state index contributed by atoms with van der Waals surface area (Å²) in [6.45, 7) is 0. The van der Waals surface area contributed by atoms with Gasteiger partial charge < -0.3 is 10.8 Å². The highest BCUT2D eigenvalue weighted by Gasteiger charge is 2.22. The van der Waals surface area contributed by atoms with Crippen LogP contribution in [0.25, 0.3) is 0 Å². The summed E-state index contributed by atoms with van der Waals surface area (Å²) in [5, 5.41) is 8.69. The Bertz CT molecular complexity index is 425. The van der Waals surface area contributed by atoms with Crippen LogP contribution in [0.4, 0.5) is 0 Å². The number of thioether (sulfide) groups is 2. The van der Waals surface area contributed by atoms with Crippen molar-refractivity contribution in [3.8, 4) is 0 Å². The molecule has 0 fully saturated rings. The van der Waals surface area contributed by atoms with Crippen molar-refractivity contribution in [2.24, 2.45) is 5.73 Å². The van der Waals surface area contributed by atoms with Gasteiger partial charge in [-0.2, -0.15) is 11.8 Å². The Morgan fingerprint density at radius 3 is 3.11 bits per heavy atom. The molecular formula is C13H17NO2S2. The van der Waals surface area contributed by atoms with Gasteiger partial charge in [0.1, 0.15) is 6.04 Å². The standard InChI is InChI=1S/C13H17NO2S2/c14-11(13(15)16)5-6-17-7-9-8-18-12-4-2-1-3-10(9)12/h1-4,9,11H,5-8,14H2,(H,15,16). The van der Waals surface area contributed by atoms with Crippen LogP contribution >= 0.6 is 23.5 Å². The average Bonchev–Trinajstić information content (AvgIpc) is 2.77. The highest BCUT2D eigenvalue weighted by Crippen LogP contribution is 2.40. The molecule has 1 aliphatic rings. The van der Waals surface area contributed by atoms with Gasteiger partial charge in [0.05, 0.1) is 0 Å². The van der Waals surface area contributed by atoms with Crippen LogP contribution in [0.2, 0.25) is 0 Å². The molecule has 0 aliphatic carbocycles. The Morgan fingerprint density at radius 2 is 2.33 bits per heavy atom. The molecule has 0 spiro atoms. The third-order valence-corrected chi connectivity index (χ3v) is 5.42. The molecule has 18 heavy (non-hydrogen) atoms. The van der Waals surface area contributed by atoms with E-state index in [1.54, 1.807) is 11.8 Å². The predicted molar refractivity (Wildman–Crippen MR) is 77.5 cm³/mol. The van der Waals surface area contributed by atoms with E-state index in [0.29, 0.717) is 12.3 Å². The zero-order chi connectivity index (χ0) is 13.0. The first-order valence-corrected chi connectivity index (χ1v) is 8.10. The van der Waals surface area contributed by atoms with Crippen molar-refractivity contribution in [1.29, 1.82) is 0 Å². The van der Waals surface area contributed by atoms with E-state index < -0.39 is 12.0 Å². The number of nitrogens with two attached hydrogens (primary N) is 1. The zero-order valence-electron chi connectivity index (χ0n) is 10.0. The maximum atomic E-state index is 10.6. The fraction of sp³-hybridized carbons (Fsp3) is 0.462. The average molecular weight is 283 g/mol. The van der Waals surface area contributed by atoms with Crippen molar-refractivity contribution in [3.05, 3.63) is 29.8 Å². The minimum absolute atomic E-state index is 0.543. The van der Waals surface area contributed by atoms with E-state index in [-0.39, 0.29) is 0 Å². The first-order valence-electron chi connectivity index (χ1n) is 5.96. The van der Waals surface area contributed by atoms with Gasteiger partial charge in [-0.05, 0) is 23.8 Å². The summed E-state index contributed by atoms with van der Waals surface area (Å²) >= 11 is 3.72. The Kier molecular flexibility index (Phi) is 4.97. The number of fused-ring (bicyclic) bond motifs is 1. The van der Waals surface area contributed by atoms with Crippen LogP contribution in [0.5, 0.6) is 0 Å². The third kappa shape index (κ3) is 3.43. The second kappa shape index (κ2) is 6.50. The second-order valence-electron chi connectivity index (χ2n) is 4.35. The normalized spacial score (nSPS) is 19.5. The molecule has 0 bridgehead atoms. The van der Waals surface area contributed by atoms with Crippen LogP contribution in [0.3, 0.4) is 0 Å². The Hall–Kier alpha value is -0.650. The summed E-state index contributed by atoms with van der Waals surface area (Å²) in [5.74, 6) is 2.69. The van der Waals surface area contributed by atoms with E-state index in [0.717, 1.165) is 17.3 Å². The number of carbonyl (C=O) groups is 1. The summed E-state index contributed by atoms with van der Waals surface area (Å²) in [4.78, 5) is 12.0. The van der Waals surface area contributed by atoms with Crippen molar-refractivity contribution in [3.63, 3.8) is 0 Å². The first kappa shape index (κ1) is 13.8. The van der Waals surface area contributed by atoms with E-state index in [2.05, 4.69) is 24.3 Å². The number of rotatable bonds is 6. The summed E-state index contributed by atoms with van der Waals surface area (Å²) in [6, 6.07) is 7.81. The van der Waals surface area contributed by atoms with Crippen LogP contribution in [-0.2, 0) is 4.79 Å². The van der Waals surface area contributed by atoms with Crippen LogP contribution in [-0.4, -0.2) is 34.4 Å². The Morgan fingerprint density at radius 1 is 1.56 bits per heavy atom. The van der Waals surface area contributed by atoms with Crippen molar-refractivity contribution >= 4 is 29.5 Å². The van der Waals surface area contributed by atoms with Crippen LogP contribution in [0.1, 0.15) is 17.9 Å². The smallest absolute Gasteiger partial charge is 0.320 e. The fourth-order valence-corrected chi connectivity index (χ4v) is 4.50. The van der Waals surface area contributed by atoms with Gasteiger partial charge in [-0.25, -0.2) is 0 Å². The SMILES string of the molecule is NC(CCSCC1CSc2ccccc21)C(=O)O. The summed E-state index contributed by atoms with van der Waals surface area (Å²) < 4.78 is 0. The quantitative estimate of drug-likeness (QED) is 0.785. The topological polar surface area (TPSA) is 63.3 Å². The molecular weight excluding hydrogens is 266 g/mol. The van der Waals surface area contributed by atoms with Gasteiger partial charge in [0.2, 0.25) is 0 Å². The number of benzene rings is 1. The molecule has 2 unspecified atom stereocenters. The number of aliphatic carboxylic acids is 1. The van der Waals surface area contributed by atoms with Gasteiger partial charge in [0.25, 0.3) is 0 Å². The highest BCUT2D eigenvalue weighted by molar-refractivity contribution is 8.00. The molecule has 3 N–H and O–H groups in total. The van der Waals surface area contributed by atoms with Crippen molar-refractivity contribution in [1.82, 2.24) is 0 Å². The Labute approximate surface area is 116 Å². The summed E-state index contributed by atoms with van der Waals surface area (Å²) in [5.41, 5.74) is 6.91.